The number of hydrogen-bond acceptors (Lipinski definition) is 2. The highest BCUT2D eigenvalue weighted by Crippen LogP contribution is 2.29. The highest BCUT2D eigenvalue weighted by atomic mass is 16.1. The minimum absolute atomic E-state index is 0.122. The highest BCUT2D eigenvalue weighted by molar-refractivity contribution is 5.77. The molecule has 1 amide bonds. The molecule has 1 aromatic rings. The first-order valence-electron chi connectivity index (χ1n) is 6.70. The monoisotopic (exact) mass is 246 g/mol. The Kier molecular flexibility index (Phi) is 4.02. The lowest BCUT2D eigenvalue weighted by Crippen LogP contribution is -2.49. The zero-order chi connectivity index (χ0) is 13.0. The van der Waals surface area contributed by atoms with Crippen molar-refractivity contribution in [3.63, 3.8) is 0 Å². The third kappa shape index (κ3) is 2.91. The maximum absolute atomic E-state index is 12.0. The van der Waals surface area contributed by atoms with Gasteiger partial charge in [-0.2, -0.15) is 0 Å². The summed E-state index contributed by atoms with van der Waals surface area (Å²) in [5.74, 6) is 0.708. The maximum Gasteiger partial charge on any atom is 0.221 e. The first-order valence-corrected chi connectivity index (χ1v) is 6.70. The fourth-order valence-electron chi connectivity index (χ4n) is 2.36. The summed E-state index contributed by atoms with van der Waals surface area (Å²) in [6.07, 6.45) is 4.30. The van der Waals surface area contributed by atoms with Crippen LogP contribution in [0.1, 0.15) is 38.2 Å². The molecule has 0 aliphatic heterocycles. The number of rotatable bonds is 5. The summed E-state index contributed by atoms with van der Waals surface area (Å²) in [6, 6.07) is 9.94. The van der Waals surface area contributed by atoms with E-state index < -0.39 is 5.54 Å². The van der Waals surface area contributed by atoms with Crippen LogP contribution in [-0.2, 0) is 10.3 Å². The van der Waals surface area contributed by atoms with Crippen LogP contribution in [0.4, 0.5) is 0 Å². The molecule has 1 aliphatic carbocycles. The Bertz CT molecular complexity index is 400. The van der Waals surface area contributed by atoms with E-state index in [9.17, 15) is 4.79 Å². The Labute approximate surface area is 109 Å². The lowest BCUT2D eigenvalue weighted by Gasteiger charge is -2.32. The van der Waals surface area contributed by atoms with Crippen LogP contribution < -0.4 is 11.1 Å². The standard InChI is InChI=1S/C15H22N2O/c1-15(11-16,13-8-3-2-4-9-13)17-14(18)10-12-6-5-7-12/h2-4,8-9,12H,5-7,10-11,16H2,1H3,(H,17,18). The number of benzene rings is 1. The normalized spacial score (nSPS) is 18.8. The molecule has 1 aromatic carbocycles. The number of nitrogens with two attached hydrogens (primary N) is 1. The van der Waals surface area contributed by atoms with Crippen molar-refractivity contribution in [1.82, 2.24) is 5.32 Å². The minimum atomic E-state index is -0.456. The van der Waals surface area contributed by atoms with Crippen LogP contribution in [0.25, 0.3) is 0 Å². The Hall–Kier alpha value is -1.35. The molecule has 1 unspecified atom stereocenters. The predicted octanol–water partition coefficient (Wildman–Crippen LogP) is 2.17. The van der Waals surface area contributed by atoms with Crippen LogP contribution in [0, 0.1) is 5.92 Å². The molecule has 0 radical (unpaired) electrons. The van der Waals surface area contributed by atoms with Gasteiger partial charge < -0.3 is 11.1 Å². The summed E-state index contributed by atoms with van der Waals surface area (Å²) >= 11 is 0. The van der Waals surface area contributed by atoms with Crippen molar-refractivity contribution in [3.05, 3.63) is 35.9 Å². The van der Waals surface area contributed by atoms with Gasteiger partial charge in [-0.3, -0.25) is 4.79 Å². The van der Waals surface area contributed by atoms with E-state index in [-0.39, 0.29) is 5.91 Å². The van der Waals surface area contributed by atoms with Gasteiger partial charge in [0.2, 0.25) is 5.91 Å². The van der Waals surface area contributed by atoms with Crippen LogP contribution in [0.3, 0.4) is 0 Å². The molecule has 98 valence electrons. The highest BCUT2D eigenvalue weighted by Gasteiger charge is 2.28. The van der Waals surface area contributed by atoms with Gasteiger partial charge in [0.05, 0.1) is 5.54 Å². The molecule has 2 rings (SSSR count). The van der Waals surface area contributed by atoms with E-state index in [4.69, 9.17) is 5.73 Å². The first-order chi connectivity index (χ1) is 8.64. The number of nitrogens with one attached hydrogen (secondary N) is 1. The first kappa shape index (κ1) is 13.1. The summed E-state index contributed by atoms with van der Waals surface area (Å²) < 4.78 is 0. The number of carbonyl (C=O) groups excluding carboxylic acids is 1. The molecule has 0 spiro atoms. The van der Waals surface area contributed by atoms with Crippen molar-refractivity contribution >= 4 is 5.91 Å². The number of amides is 1. The molecule has 1 fully saturated rings. The molecular formula is C15H22N2O. The molecule has 1 aliphatic rings. The van der Waals surface area contributed by atoms with Crippen LogP contribution in [-0.4, -0.2) is 12.5 Å². The van der Waals surface area contributed by atoms with Gasteiger partial charge in [-0.05, 0) is 31.2 Å². The molecule has 3 N–H and O–H groups in total. The second-order valence-electron chi connectivity index (χ2n) is 5.45. The van der Waals surface area contributed by atoms with Crippen LogP contribution in [0.5, 0.6) is 0 Å². The summed E-state index contributed by atoms with van der Waals surface area (Å²) in [5.41, 5.74) is 6.46. The molecule has 0 bridgehead atoms. The molecule has 3 nitrogen and oxygen atoms in total. The van der Waals surface area contributed by atoms with Gasteiger partial charge in [0.1, 0.15) is 0 Å². The van der Waals surface area contributed by atoms with Gasteiger partial charge in [0, 0.05) is 13.0 Å². The molecule has 18 heavy (non-hydrogen) atoms. The molecule has 0 saturated heterocycles. The smallest absolute Gasteiger partial charge is 0.221 e. The Morgan fingerprint density at radius 1 is 1.39 bits per heavy atom. The van der Waals surface area contributed by atoms with E-state index in [0.29, 0.717) is 18.9 Å². The van der Waals surface area contributed by atoms with Gasteiger partial charge in [-0.15, -0.1) is 0 Å². The number of hydrogen-bond donors (Lipinski definition) is 2. The van der Waals surface area contributed by atoms with Crippen LogP contribution in [0.15, 0.2) is 30.3 Å². The Balaban J connectivity index is 2.01. The van der Waals surface area contributed by atoms with Gasteiger partial charge >= 0.3 is 0 Å². The lowest BCUT2D eigenvalue weighted by molar-refractivity contribution is -0.124. The van der Waals surface area contributed by atoms with Crippen molar-refractivity contribution in [2.24, 2.45) is 11.7 Å². The van der Waals surface area contributed by atoms with E-state index in [2.05, 4.69) is 5.32 Å². The lowest BCUT2D eigenvalue weighted by atomic mass is 9.82. The van der Waals surface area contributed by atoms with E-state index in [1.54, 1.807) is 0 Å². The van der Waals surface area contributed by atoms with Crippen molar-refractivity contribution in [1.29, 1.82) is 0 Å². The van der Waals surface area contributed by atoms with E-state index in [1.807, 2.05) is 37.3 Å². The predicted molar refractivity (Wildman–Crippen MR) is 72.9 cm³/mol. The molecular weight excluding hydrogens is 224 g/mol. The summed E-state index contributed by atoms with van der Waals surface area (Å²) in [5, 5.41) is 3.09. The maximum atomic E-state index is 12.0. The van der Waals surface area contributed by atoms with Gasteiger partial charge in [0.25, 0.3) is 0 Å². The van der Waals surface area contributed by atoms with E-state index in [0.717, 1.165) is 5.56 Å². The van der Waals surface area contributed by atoms with Crippen molar-refractivity contribution in [2.75, 3.05) is 6.54 Å². The van der Waals surface area contributed by atoms with E-state index >= 15 is 0 Å². The van der Waals surface area contributed by atoms with Crippen molar-refractivity contribution < 1.29 is 4.79 Å². The van der Waals surface area contributed by atoms with Crippen molar-refractivity contribution in [2.45, 2.75) is 38.1 Å². The molecule has 1 saturated carbocycles. The summed E-state index contributed by atoms with van der Waals surface area (Å²) in [6.45, 7) is 2.40. The summed E-state index contributed by atoms with van der Waals surface area (Å²) in [4.78, 5) is 12.0. The van der Waals surface area contributed by atoms with Crippen LogP contribution in [0.2, 0.25) is 0 Å². The second-order valence-corrected chi connectivity index (χ2v) is 5.45. The van der Waals surface area contributed by atoms with Gasteiger partial charge in [0.15, 0.2) is 0 Å². The third-order valence-electron chi connectivity index (χ3n) is 3.93. The Morgan fingerprint density at radius 2 is 2.06 bits per heavy atom. The zero-order valence-corrected chi connectivity index (χ0v) is 11.0. The molecule has 3 heteroatoms. The average Bonchev–Trinajstić information content (AvgIpc) is 2.35. The zero-order valence-electron chi connectivity index (χ0n) is 11.0. The van der Waals surface area contributed by atoms with Crippen LogP contribution >= 0.6 is 0 Å². The van der Waals surface area contributed by atoms with Crippen molar-refractivity contribution in [3.8, 4) is 0 Å². The largest absolute Gasteiger partial charge is 0.346 e. The topological polar surface area (TPSA) is 55.1 Å². The Morgan fingerprint density at radius 3 is 2.56 bits per heavy atom. The number of carbonyl (C=O) groups is 1. The summed E-state index contributed by atoms with van der Waals surface area (Å²) in [7, 11) is 0. The quantitative estimate of drug-likeness (QED) is 0.836. The fraction of sp³-hybridized carbons (Fsp3) is 0.533. The minimum Gasteiger partial charge on any atom is -0.346 e. The fourth-order valence-corrected chi connectivity index (χ4v) is 2.36. The molecule has 0 heterocycles. The van der Waals surface area contributed by atoms with Gasteiger partial charge in [-0.25, -0.2) is 0 Å². The SMILES string of the molecule is CC(CN)(NC(=O)CC1CCC1)c1ccccc1. The molecule has 0 aromatic heterocycles. The third-order valence-corrected chi connectivity index (χ3v) is 3.93. The molecule has 1 atom stereocenters. The van der Waals surface area contributed by atoms with E-state index in [1.165, 1.54) is 19.3 Å². The second kappa shape index (κ2) is 5.53. The average molecular weight is 246 g/mol. The van der Waals surface area contributed by atoms with Gasteiger partial charge in [-0.1, -0.05) is 36.8 Å².